The molecule has 5 heteroatoms. The molecule has 0 unspecified atom stereocenters. The maximum Gasteiger partial charge on any atom is 0.288 e. The van der Waals surface area contributed by atoms with E-state index in [9.17, 15) is 10.1 Å². The van der Waals surface area contributed by atoms with E-state index >= 15 is 0 Å². The predicted octanol–water partition coefficient (Wildman–Crippen LogP) is 4.94. The Bertz CT molecular complexity index is 511. The average molecular weight is 297 g/mol. The molecule has 0 heterocycles. The molecule has 1 aliphatic rings. The first-order chi connectivity index (χ1) is 9.41. The Hall–Kier alpha value is -1.29. The van der Waals surface area contributed by atoms with Crippen molar-refractivity contribution in [3.63, 3.8) is 0 Å². The van der Waals surface area contributed by atoms with Crippen LogP contribution in [-0.2, 0) is 0 Å². The van der Waals surface area contributed by atoms with Gasteiger partial charge in [-0.3, -0.25) is 10.1 Å². The molecule has 0 bridgehead atoms. The summed E-state index contributed by atoms with van der Waals surface area (Å²) in [5.74, 6) is 0. The van der Waals surface area contributed by atoms with Gasteiger partial charge in [-0.25, -0.2) is 0 Å². The minimum atomic E-state index is -0.443. The van der Waals surface area contributed by atoms with Crippen molar-refractivity contribution in [3.8, 4) is 0 Å². The predicted molar refractivity (Wildman–Crippen MR) is 82.5 cm³/mol. The second-order valence-corrected chi connectivity index (χ2v) is 6.51. The second kappa shape index (κ2) is 6.00. The van der Waals surface area contributed by atoms with Gasteiger partial charge >= 0.3 is 0 Å². The molecule has 4 nitrogen and oxygen atoms in total. The number of hydrogen-bond acceptors (Lipinski definition) is 3. The molecule has 1 aromatic carbocycles. The van der Waals surface area contributed by atoms with E-state index in [0.29, 0.717) is 5.41 Å². The average Bonchev–Trinajstić information content (AvgIpc) is 2.40. The van der Waals surface area contributed by atoms with Gasteiger partial charge in [-0.1, -0.05) is 37.8 Å². The largest absolute Gasteiger partial charge is 0.384 e. The molecule has 2 rings (SSSR count). The Kier molecular flexibility index (Phi) is 4.53. The van der Waals surface area contributed by atoms with Gasteiger partial charge in [-0.15, -0.1) is 0 Å². The highest BCUT2D eigenvalue weighted by molar-refractivity contribution is 6.33. The van der Waals surface area contributed by atoms with E-state index in [-0.39, 0.29) is 10.7 Å². The zero-order chi connectivity index (χ0) is 14.8. The van der Waals surface area contributed by atoms with Crippen LogP contribution in [0.25, 0.3) is 0 Å². The quantitative estimate of drug-likeness (QED) is 0.632. The number of benzene rings is 1. The standard InChI is InChI=1S/C15H21ClN2O2/c1-11-8-14(18(19)20)12(16)9-13(11)17-10-15(2)6-4-3-5-7-15/h8-9,17H,3-7,10H2,1-2H3. The second-order valence-electron chi connectivity index (χ2n) is 6.10. The monoisotopic (exact) mass is 296 g/mol. The van der Waals surface area contributed by atoms with Gasteiger partial charge in [0.15, 0.2) is 0 Å². The number of nitrogens with zero attached hydrogens (tertiary/aromatic N) is 1. The Morgan fingerprint density at radius 3 is 2.60 bits per heavy atom. The van der Waals surface area contributed by atoms with Crippen LogP contribution in [0.4, 0.5) is 11.4 Å². The third-order valence-electron chi connectivity index (χ3n) is 4.26. The lowest BCUT2D eigenvalue weighted by Crippen LogP contribution is -2.29. The topological polar surface area (TPSA) is 55.2 Å². The minimum absolute atomic E-state index is 0.0291. The Labute approximate surface area is 124 Å². The molecule has 1 fully saturated rings. The summed E-state index contributed by atoms with van der Waals surface area (Å²) in [6.07, 6.45) is 6.38. The summed E-state index contributed by atoms with van der Waals surface area (Å²) in [5.41, 5.74) is 2.05. The molecule has 1 saturated carbocycles. The number of anilines is 1. The fourth-order valence-electron chi connectivity index (χ4n) is 2.89. The van der Waals surface area contributed by atoms with Crippen LogP contribution in [0.3, 0.4) is 0 Å². The fourth-order valence-corrected chi connectivity index (χ4v) is 3.12. The molecule has 0 spiro atoms. The molecule has 0 aliphatic heterocycles. The van der Waals surface area contributed by atoms with Gasteiger partial charge in [-0.05, 0) is 36.8 Å². The van der Waals surface area contributed by atoms with E-state index in [0.717, 1.165) is 17.8 Å². The summed E-state index contributed by atoms with van der Waals surface area (Å²) in [6.45, 7) is 5.07. The number of aryl methyl sites for hydroxylation is 1. The zero-order valence-electron chi connectivity index (χ0n) is 12.0. The molecule has 1 aromatic rings. The first kappa shape index (κ1) is 15.1. The normalized spacial score (nSPS) is 17.8. The van der Waals surface area contributed by atoms with Crippen LogP contribution in [0, 0.1) is 22.5 Å². The highest BCUT2D eigenvalue weighted by atomic mass is 35.5. The summed E-state index contributed by atoms with van der Waals surface area (Å²) in [7, 11) is 0. The van der Waals surface area contributed by atoms with Crippen LogP contribution in [0.2, 0.25) is 5.02 Å². The Morgan fingerprint density at radius 2 is 2.00 bits per heavy atom. The van der Waals surface area contributed by atoms with E-state index in [1.165, 1.54) is 38.2 Å². The molecule has 0 saturated heterocycles. The number of nitrogens with one attached hydrogen (secondary N) is 1. The molecule has 110 valence electrons. The molecule has 0 atom stereocenters. The van der Waals surface area contributed by atoms with Crippen LogP contribution in [-0.4, -0.2) is 11.5 Å². The van der Waals surface area contributed by atoms with Crippen molar-refractivity contribution < 1.29 is 4.92 Å². The van der Waals surface area contributed by atoms with Crippen molar-refractivity contribution in [2.45, 2.75) is 46.0 Å². The molecular formula is C15H21ClN2O2. The maximum atomic E-state index is 10.8. The van der Waals surface area contributed by atoms with Gasteiger partial charge in [0.05, 0.1) is 4.92 Å². The lowest BCUT2D eigenvalue weighted by atomic mass is 9.75. The van der Waals surface area contributed by atoms with Crippen molar-refractivity contribution in [2.75, 3.05) is 11.9 Å². The van der Waals surface area contributed by atoms with Crippen LogP contribution in [0.1, 0.15) is 44.6 Å². The van der Waals surface area contributed by atoms with Crippen molar-refractivity contribution in [1.29, 1.82) is 0 Å². The molecule has 0 amide bonds. The van der Waals surface area contributed by atoms with Crippen LogP contribution in [0.5, 0.6) is 0 Å². The van der Waals surface area contributed by atoms with E-state index in [2.05, 4.69) is 12.2 Å². The fraction of sp³-hybridized carbons (Fsp3) is 0.600. The Balaban J connectivity index is 2.10. The molecule has 20 heavy (non-hydrogen) atoms. The van der Waals surface area contributed by atoms with Gasteiger partial charge < -0.3 is 5.32 Å². The van der Waals surface area contributed by atoms with Gasteiger partial charge in [0.1, 0.15) is 5.02 Å². The summed E-state index contributed by atoms with van der Waals surface area (Å²) < 4.78 is 0. The van der Waals surface area contributed by atoms with Crippen molar-refractivity contribution in [2.24, 2.45) is 5.41 Å². The SMILES string of the molecule is Cc1cc([N+](=O)[O-])c(Cl)cc1NCC1(C)CCCCC1. The van der Waals surface area contributed by atoms with E-state index in [1.54, 1.807) is 6.07 Å². The molecule has 1 N–H and O–H groups in total. The van der Waals surface area contributed by atoms with Gasteiger partial charge in [-0.2, -0.15) is 0 Å². The third kappa shape index (κ3) is 3.42. The molecule has 1 aliphatic carbocycles. The van der Waals surface area contributed by atoms with Gasteiger partial charge in [0.25, 0.3) is 5.69 Å². The zero-order valence-corrected chi connectivity index (χ0v) is 12.8. The Morgan fingerprint density at radius 1 is 1.35 bits per heavy atom. The van der Waals surface area contributed by atoms with Crippen molar-refractivity contribution in [1.82, 2.24) is 0 Å². The maximum absolute atomic E-state index is 10.8. The lowest BCUT2D eigenvalue weighted by molar-refractivity contribution is -0.384. The van der Waals surface area contributed by atoms with Gasteiger partial charge in [0.2, 0.25) is 0 Å². The number of nitro groups is 1. The first-order valence-electron chi connectivity index (χ1n) is 7.10. The summed E-state index contributed by atoms with van der Waals surface area (Å²) >= 11 is 5.97. The number of halogens is 1. The van der Waals surface area contributed by atoms with Crippen LogP contribution >= 0.6 is 11.6 Å². The van der Waals surface area contributed by atoms with E-state index in [1.807, 2.05) is 6.92 Å². The highest BCUT2D eigenvalue weighted by Crippen LogP contribution is 2.37. The molecular weight excluding hydrogens is 276 g/mol. The van der Waals surface area contributed by atoms with Crippen LogP contribution < -0.4 is 5.32 Å². The summed E-state index contributed by atoms with van der Waals surface area (Å²) in [5, 5.41) is 14.5. The van der Waals surface area contributed by atoms with E-state index < -0.39 is 4.92 Å². The number of nitro benzene ring substituents is 1. The van der Waals surface area contributed by atoms with Gasteiger partial charge in [0, 0.05) is 18.3 Å². The van der Waals surface area contributed by atoms with Crippen molar-refractivity contribution in [3.05, 3.63) is 32.8 Å². The summed E-state index contributed by atoms with van der Waals surface area (Å²) in [4.78, 5) is 10.4. The molecule has 0 aromatic heterocycles. The number of rotatable bonds is 4. The van der Waals surface area contributed by atoms with Crippen LogP contribution in [0.15, 0.2) is 12.1 Å². The summed E-state index contributed by atoms with van der Waals surface area (Å²) in [6, 6.07) is 3.20. The highest BCUT2D eigenvalue weighted by Gasteiger charge is 2.26. The minimum Gasteiger partial charge on any atom is -0.384 e. The van der Waals surface area contributed by atoms with E-state index in [4.69, 9.17) is 11.6 Å². The third-order valence-corrected chi connectivity index (χ3v) is 4.56. The number of hydrogen-bond donors (Lipinski definition) is 1. The lowest BCUT2D eigenvalue weighted by Gasteiger charge is -2.34. The molecule has 0 radical (unpaired) electrons. The van der Waals surface area contributed by atoms with Crippen molar-refractivity contribution >= 4 is 23.0 Å². The first-order valence-corrected chi connectivity index (χ1v) is 7.47. The smallest absolute Gasteiger partial charge is 0.288 e.